The van der Waals surface area contributed by atoms with Crippen LogP contribution in [0.3, 0.4) is 0 Å². The summed E-state index contributed by atoms with van der Waals surface area (Å²) >= 11 is 0. The van der Waals surface area contributed by atoms with Crippen molar-refractivity contribution in [2.75, 3.05) is 18.0 Å². The van der Waals surface area contributed by atoms with Gasteiger partial charge in [-0.25, -0.2) is 13.1 Å². The summed E-state index contributed by atoms with van der Waals surface area (Å²) in [7, 11) is -3.42. The number of benzene rings is 1. The molecule has 0 saturated carbocycles. The van der Waals surface area contributed by atoms with E-state index in [0.717, 1.165) is 18.7 Å². The van der Waals surface area contributed by atoms with Gasteiger partial charge in [0.1, 0.15) is 0 Å². The molecule has 3 N–H and O–H groups in total. The van der Waals surface area contributed by atoms with E-state index in [1.54, 1.807) is 12.1 Å². The van der Waals surface area contributed by atoms with Gasteiger partial charge in [-0.1, -0.05) is 0 Å². The lowest BCUT2D eigenvalue weighted by Crippen LogP contribution is -2.30. The van der Waals surface area contributed by atoms with E-state index in [-0.39, 0.29) is 6.04 Å². The normalized spacial score (nSPS) is 23.0. The molecule has 5 nitrogen and oxygen atoms in total. The van der Waals surface area contributed by atoms with E-state index in [1.807, 2.05) is 26.0 Å². The molecule has 0 amide bonds. The van der Waals surface area contributed by atoms with Crippen LogP contribution in [0.15, 0.2) is 29.2 Å². The van der Waals surface area contributed by atoms with Crippen LogP contribution >= 0.6 is 0 Å². The van der Waals surface area contributed by atoms with Crippen LogP contribution in [0.25, 0.3) is 0 Å². The van der Waals surface area contributed by atoms with E-state index >= 15 is 0 Å². The van der Waals surface area contributed by atoms with Crippen LogP contribution in [-0.4, -0.2) is 33.6 Å². The Labute approximate surface area is 127 Å². The first kappa shape index (κ1) is 16.3. The van der Waals surface area contributed by atoms with Crippen LogP contribution in [-0.2, 0) is 10.0 Å². The summed E-state index contributed by atoms with van der Waals surface area (Å²) in [5, 5.41) is 0. The van der Waals surface area contributed by atoms with Crippen LogP contribution in [0, 0.1) is 5.92 Å². The van der Waals surface area contributed by atoms with Crippen LogP contribution < -0.4 is 15.4 Å². The standard InChI is InChI=1S/C15H25N3O2S/c1-11(2)17-21(19,20)15-6-4-14(5-7-15)18-10-13(9-16)8-12(18)3/h4-7,11-13,17H,8-10,16H2,1-3H3. The number of hydrogen-bond acceptors (Lipinski definition) is 4. The maximum absolute atomic E-state index is 12.1. The number of sulfonamides is 1. The van der Waals surface area contributed by atoms with E-state index in [9.17, 15) is 8.42 Å². The van der Waals surface area contributed by atoms with Gasteiger partial charge in [0.2, 0.25) is 10.0 Å². The third-order valence-electron chi connectivity index (χ3n) is 3.86. The maximum Gasteiger partial charge on any atom is 0.240 e. The van der Waals surface area contributed by atoms with Crippen molar-refractivity contribution in [3.05, 3.63) is 24.3 Å². The molecule has 1 aliphatic heterocycles. The van der Waals surface area contributed by atoms with Crippen LogP contribution in [0.2, 0.25) is 0 Å². The number of hydrogen-bond donors (Lipinski definition) is 2. The molecule has 118 valence electrons. The van der Waals surface area contributed by atoms with Crippen molar-refractivity contribution in [3.8, 4) is 0 Å². The number of nitrogens with two attached hydrogens (primary N) is 1. The zero-order valence-corrected chi connectivity index (χ0v) is 13.7. The van der Waals surface area contributed by atoms with Gasteiger partial charge in [0, 0.05) is 24.3 Å². The van der Waals surface area contributed by atoms with Gasteiger partial charge in [0.15, 0.2) is 0 Å². The molecule has 0 aliphatic carbocycles. The average molecular weight is 311 g/mol. The second-order valence-corrected chi connectivity index (χ2v) is 7.82. The summed E-state index contributed by atoms with van der Waals surface area (Å²) in [4.78, 5) is 2.60. The molecule has 2 rings (SSSR count). The van der Waals surface area contributed by atoms with Crippen molar-refractivity contribution in [2.24, 2.45) is 11.7 Å². The molecule has 1 fully saturated rings. The smallest absolute Gasteiger partial charge is 0.240 e. The van der Waals surface area contributed by atoms with E-state index in [1.165, 1.54) is 0 Å². The highest BCUT2D eigenvalue weighted by Gasteiger charge is 2.28. The molecule has 6 heteroatoms. The molecule has 0 radical (unpaired) electrons. The van der Waals surface area contributed by atoms with E-state index in [2.05, 4.69) is 16.5 Å². The molecule has 0 spiro atoms. The molecule has 0 bridgehead atoms. The SMILES string of the molecule is CC(C)NS(=O)(=O)c1ccc(N2CC(CN)CC2C)cc1. The van der Waals surface area contributed by atoms with Gasteiger partial charge >= 0.3 is 0 Å². The summed E-state index contributed by atoms with van der Waals surface area (Å²) in [6.45, 7) is 7.44. The molecule has 1 aromatic rings. The van der Waals surface area contributed by atoms with Gasteiger partial charge in [0.05, 0.1) is 4.90 Å². The van der Waals surface area contributed by atoms with Gasteiger partial charge in [-0.2, -0.15) is 0 Å². The Morgan fingerprint density at radius 3 is 2.43 bits per heavy atom. The van der Waals surface area contributed by atoms with Gasteiger partial charge in [-0.3, -0.25) is 0 Å². The molecule has 1 heterocycles. The quantitative estimate of drug-likeness (QED) is 0.865. The van der Waals surface area contributed by atoms with Crippen molar-refractivity contribution < 1.29 is 8.42 Å². The van der Waals surface area contributed by atoms with Crippen LogP contribution in [0.5, 0.6) is 0 Å². The monoisotopic (exact) mass is 311 g/mol. The third kappa shape index (κ3) is 3.75. The molecule has 1 aromatic carbocycles. The minimum absolute atomic E-state index is 0.112. The maximum atomic E-state index is 12.1. The molecular formula is C15H25N3O2S. The highest BCUT2D eigenvalue weighted by atomic mass is 32.2. The Morgan fingerprint density at radius 2 is 1.95 bits per heavy atom. The summed E-state index contributed by atoms with van der Waals surface area (Å²) in [6, 6.07) is 7.42. The Hall–Kier alpha value is -1.11. The molecule has 0 aromatic heterocycles. The Morgan fingerprint density at radius 1 is 1.33 bits per heavy atom. The number of nitrogens with zero attached hydrogens (tertiary/aromatic N) is 1. The highest BCUT2D eigenvalue weighted by molar-refractivity contribution is 7.89. The molecule has 1 saturated heterocycles. The summed E-state index contributed by atoms with van der Waals surface area (Å²) in [5.41, 5.74) is 6.81. The zero-order chi connectivity index (χ0) is 15.6. The first-order valence-electron chi connectivity index (χ1n) is 7.42. The van der Waals surface area contributed by atoms with Crippen molar-refractivity contribution in [1.29, 1.82) is 0 Å². The predicted octanol–water partition coefficient (Wildman–Crippen LogP) is 1.55. The minimum atomic E-state index is -3.42. The van der Waals surface area contributed by atoms with Gasteiger partial charge in [-0.05, 0) is 63.9 Å². The summed E-state index contributed by atoms with van der Waals surface area (Å²) < 4.78 is 26.8. The minimum Gasteiger partial charge on any atom is -0.368 e. The second-order valence-electron chi connectivity index (χ2n) is 6.11. The third-order valence-corrected chi connectivity index (χ3v) is 5.54. The second kappa shape index (κ2) is 6.34. The molecule has 2 atom stereocenters. The predicted molar refractivity (Wildman–Crippen MR) is 85.9 cm³/mol. The number of anilines is 1. The lowest BCUT2D eigenvalue weighted by atomic mass is 10.1. The summed E-state index contributed by atoms with van der Waals surface area (Å²) in [5.74, 6) is 0.519. The number of rotatable bonds is 5. The van der Waals surface area contributed by atoms with E-state index in [4.69, 9.17) is 5.73 Å². The lowest BCUT2D eigenvalue weighted by Gasteiger charge is -2.24. The fourth-order valence-electron chi connectivity index (χ4n) is 2.87. The van der Waals surface area contributed by atoms with Crippen molar-refractivity contribution >= 4 is 15.7 Å². The average Bonchev–Trinajstić information content (AvgIpc) is 2.79. The van der Waals surface area contributed by atoms with E-state index < -0.39 is 10.0 Å². The van der Waals surface area contributed by atoms with Crippen molar-refractivity contribution in [2.45, 2.75) is 44.2 Å². The fraction of sp³-hybridized carbons (Fsp3) is 0.600. The first-order chi connectivity index (χ1) is 9.83. The molecule has 21 heavy (non-hydrogen) atoms. The van der Waals surface area contributed by atoms with Crippen LogP contribution in [0.4, 0.5) is 5.69 Å². The van der Waals surface area contributed by atoms with Crippen molar-refractivity contribution in [3.63, 3.8) is 0 Å². The molecule has 1 aliphatic rings. The van der Waals surface area contributed by atoms with E-state index in [0.29, 0.717) is 23.4 Å². The summed E-state index contributed by atoms with van der Waals surface area (Å²) in [6.07, 6.45) is 1.09. The number of nitrogens with one attached hydrogen (secondary N) is 1. The fourth-order valence-corrected chi connectivity index (χ4v) is 4.12. The van der Waals surface area contributed by atoms with Crippen molar-refractivity contribution in [1.82, 2.24) is 4.72 Å². The topological polar surface area (TPSA) is 75.4 Å². The Bertz CT molecular complexity index is 569. The first-order valence-corrected chi connectivity index (χ1v) is 8.91. The Kier molecular flexibility index (Phi) is 4.91. The zero-order valence-electron chi connectivity index (χ0n) is 12.9. The Balaban J connectivity index is 2.16. The molecular weight excluding hydrogens is 286 g/mol. The highest BCUT2D eigenvalue weighted by Crippen LogP contribution is 2.29. The lowest BCUT2D eigenvalue weighted by molar-refractivity contribution is 0.570. The van der Waals surface area contributed by atoms with Gasteiger partial charge < -0.3 is 10.6 Å². The van der Waals surface area contributed by atoms with Crippen LogP contribution in [0.1, 0.15) is 27.2 Å². The van der Waals surface area contributed by atoms with Gasteiger partial charge in [-0.15, -0.1) is 0 Å². The molecule has 2 unspecified atom stereocenters. The van der Waals surface area contributed by atoms with Gasteiger partial charge in [0.25, 0.3) is 0 Å². The largest absolute Gasteiger partial charge is 0.368 e.